The lowest BCUT2D eigenvalue weighted by molar-refractivity contribution is 0.459. The molecule has 2 heterocycles. The number of hydrogen-bond acceptors (Lipinski definition) is 5. The van der Waals surface area contributed by atoms with Crippen LogP contribution >= 0.6 is 0 Å². The summed E-state index contributed by atoms with van der Waals surface area (Å²) in [6.07, 6.45) is 4.16. The molecule has 0 unspecified atom stereocenters. The first-order valence-electron chi connectivity index (χ1n) is 11.0. The lowest BCUT2D eigenvalue weighted by Gasteiger charge is -2.00. The van der Waals surface area contributed by atoms with Gasteiger partial charge in [0.15, 0.2) is 5.58 Å². The van der Waals surface area contributed by atoms with Crippen LogP contribution < -0.4 is 0 Å². The van der Waals surface area contributed by atoms with Crippen LogP contribution in [0.2, 0.25) is 0 Å². The molecular weight excluding hydrogens is 422 g/mol. The maximum atomic E-state index is 5.84. The van der Waals surface area contributed by atoms with Crippen LogP contribution in [0.4, 0.5) is 0 Å². The van der Waals surface area contributed by atoms with Crippen molar-refractivity contribution >= 4 is 23.1 Å². The predicted octanol–water partition coefficient (Wildman–Crippen LogP) is 7.38. The summed E-state index contributed by atoms with van der Waals surface area (Å²) >= 11 is 0. The van der Waals surface area contributed by atoms with Crippen molar-refractivity contribution in [2.75, 3.05) is 0 Å². The van der Waals surface area contributed by atoms with Crippen LogP contribution in [0, 0.1) is 0 Å². The molecule has 0 spiro atoms. The Labute approximate surface area is 196 Å². The molecule has 6 rings (SSSR count). The highest BCUT2D eigenvalue weighted by Crippen LogP contribution is 2.28. The van der Waals surface area contributed by atoms with Crippen LogP contribution in [0.15, 0.2) is 112 Å². The molecule has 0 atom stereocenters. The number of rotatable bonds is 5. The number of hydrogen-bond donors (Lipinski definition) is 0. The standard InChI is InChI=1S/C29H19N3O2/c1-2-6-23(7-3-1)28-30-31-29(33-28)24-18-14-21(15-19-24)11-10-20-12-16-22(17-13-20)27-25-8-4-5-9-26(25)34-32-27/h1-19H/b11-10+. The minimum atomic E-state index is 0.505. The molecule has 0 saturated carbocycles. The zero-order chi connectivity index (χ0) is 22.7. The molecule has 6 aromatic rings. The van der Waals surface area contributed by atoms with Gasteiger partial charge in [0.25, 0.3) is 0 Å². The van der Waals surface area contributed by atoms with E-state index in [1.165, 1.54) is 0 Å². The van der Waals surface area contributed by atoms with E-state index < -0.39 is 0 Å². The van der Waals surface area contributed by atoms with E-state index in [1.54, 1.807) is 0 Å². The molecule has 5 heteroatoms. The molecule has 0 aliphatic carbocycles. The molecule has 4 aromatic carbocycles. The Hall–Kier alpha value is -4.77. The Morgan fingerprint density at radius 2 is 1.09 bits per heavy atom. The van der Waals surface area contributed by atoms with Crippen molar-refractivity contribution in [3.05, 3.63) is 114 Å². The molecule has 34 heavy (non-hydrogen) atoms. The highest BCUT2D eigenvalue weighted by molar-refractivity contribution is 5.91. The zero-order valence-corrected chi connectivity index (χ0v) is 18.1. The average Bonchev–Trinajstić information content (AvgIpc) is 3.57. The quantitative estimate of drug-likeness (QED) is 0.261. The monoisotopic (exact) mass is 441 g/mol. The molecule has 0 amide bonds. The topological polar surface area (TPSA) is 65.0 Å². The highest BCUT2D eigenvalue weighted by atomic mass is 16.5. The van der Waals surface area contributed by atoms with Gasteiger partial charge in [-0.2, -0.15) is 0 Å². The number of para-hydroxylation sites is 1. The van der Waals surface area contributed by atoms with Gasteiger partial charge in [0.2, 0.25) is 11.8 Å². The van der Waals surface area contributed by atoms with Crippen molar-refractivity contribution < 1.29 is 8.94 Å². The van der Waals surface area contributed by atoms with Crippen LogP contribution in [0.5, 0.6) is 0 Å². The van der Waals surface area contributed by atoms with Crippen LogP contribution in [0.1, 0.15) is 11.1 Å². The lowest BCUT2D eigenvalue weighted by atomic mass is 10.0. The summed E-state index contributed by atoms with van der Waals surface area (Å²) in [7, 11) is 0. The normalized spacial score (nSPS) is 11.4. The van der Waals surface area contributed by atoms with E-state index in [-0.39, 0.29) is 0 Å². The van der Waals surface area contributed by atoms with E-state index in [2.05, 4.69) is 51.8 Å². The third-order valence-corrected chi connectivity index (χ3v) is 5.63. The van der Waals surface area contributed by atoms with E-state index in [0.717, 1.165) is 44.5 Å². The summed E-state index contributed by atoms with van der Waals surface area (Å²) in [6.45, 7) is 0. The number of nitrogens with zero attached hydrogens (tertiary/aromatic N) is 3. The second-order valence-corrected chi connectivity index (χ2v) is 7.88. The molecule has 5 nitrogen and oxygen atoms in total. The van der Waals surface area contributed by atoms with E-state index in [4.69, 9.17) is 8.94 Å². The van der Waals surface area contributed by atoms with Crippen molar-refractivity contribution in [2.45, 2.75) is 0 Å². The van der Waals surface area contributed by atoms with Crippen LogP contribution in [0.3, 0.4) is 0 Å². The van der Waals surface area contributed by atoms with E-state index >= 15 is 0 Å². The fraction of sp³-hybridized carbons (Fsp3) is 0. The third kappa shape index (κ3) is 3.91. The largest absolute Gasteiger partial charge is 0.416 e. The summed E-state index contributed by atoms with van der Waals surface area (Å²) in [4.78, 5) is 0. The smallest absolute Gasteiger partial charge is 0.248 e. The Bertz CT molecular complexity index is 1580. The van der Waals surface area contributed by atoms with Gasteiger partial charge in [-0.25, -0.2) is 0 Å². The van der Waals surface area contributed by atoms with Gasteiger partial charge in [0.05, 0.1) is 0 Å². The van der Waals surface area contributed by atoms with E-state index in [9.17, 15) is 0 Å². The summed E-state index contributed by atoms with van der Waals surface area (Å²) in [6, 6.07) is 34.0. The lowest BCUT2D eigenvalue weighted by Crippen LogP contribution is -1.80. The third-order valence-electron chi connectivity index (χ3n) is 5.63. The van der Waals surface area contributed by atoms with Crippen molar-refractivity contribution in [3.8, 4) is 34.2 Å². The van der Waals surface area contributed by atoms with Crippen molar-refractivity contribution in [1.82, 2.24) is 15.4 Å². The van der Waals surface area contributed by atoms with E-state index in [0.29, 0.717) is 11.8 Å². The molecule has 0 bridgehead atoms. The molecule has 0 saturated heterocycles. The maximum absolute atomic E-state index is 5.84. The van der Waals surface area contributed by atoms with Gasteiger partial charge in [0.1, 0.15) is 5.69 Å². The fourth-order valence-corrected chi connectivity index (χ4v) is 3.81. The number of fused-ring (bicyclic) bond motifs is 1. The molecule has 162 valence electrons. The SMILES string of the molecule is C(=C\c1ccc(-c2noc3ccccc23)cc1)/c1ccc(-c2nnc(-c3ccccc3)o2)cc1. The van der Waals surface area contributed by atoms with Crippen molar-refractivity contribution in [3.63, 3.8) is 0 Å². The molecule has 0 N–H and O–H groups in total. The second kappa shape index (κ2) is 8.64. The number of benzene rings is 4. The molecule has 0 radical (unpaired) electrons. The summed E-state index contributed by atoms with van der Waals surface area (Å²) in [5.41, 5.74) is 6.66. The van der Waals surface area contributed by atoms with Crippen molar-refractivity contribution in [1.29, 1.82) is 0 Å². The van der Waals surface area contributed by atoms with E-state index in [1.807, 2.05) is 78.9 Å². The first kappa shape index (κ1) is 19.9. The van der Waals surface area contributed by atoms with Crippen LogP contribution in [-0.4, -0.2) is 15.4 Å². The van der Waals surface area contributed by atoms with Gasteiger partial charge in [0, 0.05) is 22.1 Å². The minimum absolute atomic E-state index is 0.505. The van der Waals surface area contributed by atoms with Gasteiger partial charge < -0.3 is 8.94 Å². The average molecular weight is 441 g/mol. The van der Waals surface area contributed by atoms with Gasteiger partial charge in [-0.05, 0) is 47.5 Å². The predicted molar refractivity (Wildman–Crippen MR) is 134 cm³/mol. The van der Waals surface area contributed by atoms with Gasteiger partial charge >= 0.3 is 0 Å². The Morgan fingerprint density at radius 3 is 1.76 bits per heavy atom. The molecule has 2 aromatic heterocycles. The van der Waals surface area contributed by atoms with Crippen LogP contribution in [-0.2, 0) is 0 Å². The molecule has 0 aliphatic rings. The zero-order valence-electron chi connectivity index (χ0n) is 18.1. The molecule has 0 aliphatic heterocycles. The minimum Gasteiger partial charge on any atom is -0.416 e. The Kier molecular flexibility index (Phi) is 5.05. The maximum Gasteiger partial charge on any atom is 0.248 e. The van der Waals surface area contributed by atoms with Crippen molar-refractivity contribution in [2.24, 2.45) is 0 Å². The highest BCUT2D eigenvalue weighted by Gasteiger charge is 2.10. The molecular formula is C29H19N3O2. The molecule has 0 fully saturated rings. The second-order valence-electron chi connectivity index (χ2n) is 7.88. The first-order valence-corrected chi connectivity index (χ1v) is 11.0. The van der Waals surface area contributed by atoms with Crippen LogP contribution in [0.25, 0.3) is 57.3 Å². The summed E-state index contributed by atoms with van der Waals surface area (Å²) < 4.78 is 11.3. The van der Waals surface area contributed by atoms with Gasteiger partial charge in [-0.1, -0.05) is 84.0 Å². The summed E-state index contributed by atoms with van der Waals surface area (Å²) in [5, 5.41) is 13.6. The number of aromatic nitrogens is 3. The fourth-order valence-electron chi connectivity index (χ4n) is 3.81. The first-order chi connectivity index (χ1) is 16.8. The Morgan fingerprint density at radius 1 is 0.529 bits per heavy atom. The summed E-state index contributed by atoms with van der Waals surface area (Å²) in [5.74, 6) is 1.02. The van der Waals surface area contributed by atoms with Gasteiger partial charge in [-0.3, -0.25) is 0 Å². The van der Waals surface area contributed by atoms with Gasteiger partial charge in [-0.15, -0.1) is 10.2 Å². The Balaban J connectivity index is 1.17.